The van der Waals surface area contributed by atoms with Gasteiger partial charge in [0.1, 0.15) is 5.82 Å². The van der Waals surface area contributed by atoms with E-state index >= 15 is 0 Å². The molecule has 0 aliphatic carbocycles. The molecule has 0 radical (unpaired) electrons. The Balaban J connectivity index is 1.89. The van der Waals surface area contributed by atoms with Crippen molar-refractivity contribution in [2.45, 2.75) is 19.4 Å². The van der Waals surface area contributed by atoms with Gasteiger partial charge in [0.05, 0.1) is 16.1 Å². The fourth-order valence-corrected chi connectivity index (χ4v) is 2.65. The molecule has 3 rings (SSSR count). The third kappa shape index (κ3) is 2.40. The lowest BCUT2D eigenvalue weighted by Crippen LogP contribution is -2.08. The molecule has 19 heavy (non-hydrogen) atoms. The Morgan fingerprint density at radius 2 is 2.37 bits per heavy atom. The molecule has 1 aliphatic heterocycles. The van der Waals surface area contributed by atoms with Crippen LogP contribution < -0.4 is 5.73 Å². The van der Waals surface area contributed by atoms with Crippen molar-refractivity contribution < 1.29 is 9.13 Å². The molecule has 102 valence electrons. The van der Waals surface area contributed by atoms with Crippen LogP contribution in [0.1, 0.15) is 12.8 Å². The average Bonchev–Trinajstić information content (AvgIpc) is 2.96. The van der Waals surface area contributed by atoms with Gasteiger partial charge in [-0.05, 0) is 24.8 Å². The molecule has 2 aromatic rings. The minimum Gasteiger partial charge on any atom is -0.381 e. The van der Waals surface area contributed by atoms with E-state index in [0.29, 0.717) is 17.4 Å². The Kier molecular flexibility index (Phi) is 3.33. The second kappa shape index (κ2) is 4.98. The quantitative estimate of drug-likeness (QED) is 0.942. The summed E-state index contributed by atoms with van der Waals surface area (Å²) >= 11 is 5.82. The van der Waals surface area contributed by atoms with Crippen molar-refractivity contribution in [3.63, 3.8) is 0 Å². The standard InChI is InChI=1S/C13H15ClFN3O/c14-9-5-12-11(6-10(9)15)17-13(16)18(12)3-1-8-2-4-19-7-8/h5-6,8H,1-4,7H2,(H2,16,17). The molecular formula is C13H15ClFN3O. The maximum atomic E-state index is 13.4. The third-order valence-electron chi connectivity index (χ3n) is 3.60. The Hall–Kier alpha value is -1.33. The fraction of sp³-hybridized carbons (Fsp3) is 0.462. The number of nitrogens with two attached hydrogens (primary N) is 1. The van der Waals surface area contributed by atoms with Gasteiger partial charge in [0.2, 0.25) is 5.95 Å². The molecule has 2 heterocycles. The van der Waals surface area contributed by atoms with E-state index in [9.17, 15) is 4.39 Å². The van der Waals surface area contributed by atoms with E-state index in [2.05, 4.69) is 4.98 Å². The molecule has 1 aromatic carbocycles. The molecule has 4 nitrogen and oxygen atoms in total. The highest BCUT2D eigenvalue weighted by molar-refractivity contribution is 6.31. The maximum absolute atomic E-state index is 13.4. The summed E-state index contributed by atoms with van der Waals surface area (Å²) < 4.78 is 20.6. The molecule has 0 saturated carbocycles. The van der Waals surface area contributed by atoms with Gasteiger partial charge < -0.3 is 15.0 Å². The molecule has 1 atom stereocenters. The second-order valence-corrected chi connectivity index (χ2v) is 5.30. The molecule has 1 fully saturated rings. The van der Waals surface area contributed by atoms with Gasteiger partial charge in [0, 0.05) is 25.8 Å². The predicted octanol–water partition coefficient (Wildman–Crippen LogP) is 2.84. The van der Waals surface area contributed by atoms with Crippen LogP contribution in [0.15, 0.2) is 12.1 Å². The minimum atomic E-state index is -0.469. The highest BCUT2D eigenvalue weighted by atomic mass is 35.5. The Morgan fingerprint density at radius 3 is 3.11 bits per heavy atom. The fourth-order valence-electron chi connectivity index (χ4n) is 2.50. The number of ether oxygens (including phenoxy) is 1. The topological polar surface area (TPSA) is 53.1 Å². The summed E-state index contributed by atoms with van der Waals surface area (Å²) in [6.07, 6.45) is 2.06. The van der Waals surface area contributed by atoms with Gasteiger partial charge >= 0.3 is 0 Å². The number of hydrogen-bond acceptors (Lipinski definition) is 3. The second-order valence-electron chi connectivity index (χ2n) is 4.89. The number of imidazole rings is 1. The van der Waals surface area contributed by atoms with E-state index in [4.69, 9.17) is 22.1 Å². The molecule has 0 bridgehead atoms. The lowest BCUT2D eigenvalue weighted by molar-refractivity contribution is 0.183. The van der Waals surface area contributed by atoms with Gasteiger partial charge in [-0.3, -0.25) is 0 Å². The molecule has 0 amide bonds. The number of fused-ring (bicyclic) bond motifs is 1. The summed E-state index contributed by atoms with van der Waals surface area (Å²) in [5.41, 5.74) is 7.22. The normalized spacial score (nSPS) is 19.4. The van der Waals surface area contributed by atoms with Gasteiger partial charge in [-0.25, -0.2) is 9.37 Å². The van der Waals surface area contributed by atoms with Gasteiger partial charge in [-0.1, -0.05) is 11.6 Å². The van der Waals surface area contributed by atoms with Crippen LogP contribution in [0.25, 0.3) is 11.0 Å². The van der Waals surface area contributed by atoms with Crippen LogP contribution in [0.5, 0.6) is 0 Å². The molecule has 1 aromatic heterocycles. The van der Waals surface area contributed by atoms with E-state index < -0.39 is 5.82 Å². The summed E-state index contributed by atoms with van der Waals surface area (Å²) in [6.45, 7) is 2.39. The number of rotatable bonds is 3. The van der Waals surface area contributed by atoms with Crippen LogP contribution in [-0.2, 0) is 11.3 Å². The zero-order valence-electron chi connectivity index (χ0n) is 10.4. The molecule has 1 aliphatic rings. The molecular weight excluding hydrogens is 269 g/mol. The van der Waals surface area contributed by atoms with Crippen LogP contribution in [0, 0.1) is 11.7 Å². The van der Waals surface area contributed by atoms with Crippen molar-refractivity contribution in [1.29, 1.82) is 0 Å². The number of aryl methyl sites for hydroxylation is 1. The summed E-state index contributed by atoms with van der Waals surface area (Å²) in [5, 5.41) is 0.0952. The highest BCUT2D eigenvalue weighted by Crippen LogP contribution is 2.26. The monoisotopic (exact) mass is 283 g/mol. The number of nitrogens with zero attached hydrogens (tertiary/aromatic N) is 2. The average molecular weight is 284 g/mol. The SMILES string of the molecule is Nc1nc2cc(F)c(Cl)cc2n1CCC1CCOC1. The van der Waals surface area contributed by atoms with Crippen molar-refractivity contribution in [2.75, 3.05) is 18.9 Å². The molecule has 1 unspecified atom stereocenters. The van der Waals surface area contributed by atoms with Crippen molar-refractivity contribution in [1.82, 2.24) is 9.55 Å². The number of aromatic nitrogens is 2. The Bertz CT molecular complexity index is 607. The largest absolute Gasteiger partial charge is 0.381 e. The summed E-state index contributed by atoms with van der Waals surface area (Å²) in [5.74, 6) is 0.492. The summed E-state index contributed by atoms with van der Waals surface area (Å²) in [7, 11) is 0. The number of anilines is 1. The number of halogens is 2. The smallest absolute Gasteiger partial charge is 0.201 e. The molecule has 6 heteroatoms. The van der Waals surface area contributed by atoms with Crippen molar-refractivity contribution in [3.05, 3.63) is 23.0 Å². The van der Waals surface area contributed by atoms with Crippen LogP contribution in [-0.4, -0.2) is 22.8 Å². The van der Waals surface area contributed by atoms with Crippen LogP contribution in [0.4, 0.5) is 10.3 Å². The lowest BCUT2D eigenvalue weighted by Gasteiger charge is -2.10. The van der Waals surface area contributed by atoms with Crippen molar-refractivity contribution >= 4 is 28.6 Å². The van der Waals surface area contributed by atoms with Crippen LogP contribution in [0.3, 0.4) is 0 Å². The first-order valence-corrected chi connectivity index (χ1v) is 6.71. The number of benzene rings is 1. The lowest BCUT2D eigenvalue weighted by atomic mass is 10.1. The zero-order chi connectivity index (χ0) is 13.4. The first-order chi connectivity index (χ1) is 9.15. The first kappa shape index (κ1) is 12.7. The zero-order valence-corrected chi connectivity index (χ0v) is 11.2. The van der Waals surface area contributed by atoms with E-state index in [1.165, 1.54) is 6.07 Å². The number of hydrogen-bond donors (Lipinski definition) is 1. The van der Waals surface area contributed by atoms with E-state index in [-0.39, 0.29) is 5.02 Å². The third-order valence-corrected chi connectivity index (χ3v) is 3.89. The van der Waals surface area contributed by atoms with Gasteiger partial charge in [-0.2, -0.15) is 0 Å². The number of nitrogen functional groups attached to an aromatic ring is 1. The summed E-state index contributed by atoms with van der Waals surface area (Å²) in [6, 6.07) is 2.91. The highest BCUT2D eigenvalue weighted by Gasteiger charge is 2.17. The molecule has 1 saturated heterocycles. The van der Waals surface area contributed by atoms with Crippen molar-refractivity contribution in [3.8, 4) is 0 Å². The molecule has 0 spiro atoms. The van der Waals surface area contributed by atoms with Gasteiger partial charge in [0.15, 0.2) is 0 Å². The Morgan fingerprint density at radius 1 is 1.53 bits per heavy atom. The molecule has 2 N–H and O–H groups in total. The maximum Gasteiger partial charge on any atom is 0.201 e. The summed E-state index contributed by atoms with van der Waals surface area (Å²) in [4.78, 5) is 4.17. The van der Waals surface area contributed by atoms with E-state index in [0.717, 1.165) is 38.1 Å². The van der Waals surface area contributed by atoms with E-state index in [1.54, 1.807) is 6.07 Å². The van der Waals surface area contributed by atoms with Crippen LogP contribution in [0.2, 0.25) is 5.02 Å². The van der Waals surface area contributed by atoms with Gasteiger partial charge in [-0.15, -0.1) is 0 Å². The van der Waals surface area contributed by atoms with Crippen molar-refractivity contribution in [2.24, 2.45) is 5.92 Å². The minimum absolute atomic E-state index is 0.0952. The first-order valence-electron chi connectivity index (χ1n) is 6.33. The van der Waals surface area contributed by atoms with Crippen LogP contribution >= 0.6 is 11.6 Å². The van der Waals surface area contributed by atoms with Gasteiger partial charge in [0.25, 0.3) is 0 Å². The van der Waals surface area contributed by atoms with E-state index in [1.807, 2.05) is 4.57 Å². The Labute approximate surface area is 115 Å². The predicted molar refractivity (Wildman–Crippen MR) is 72.7 cm³/mol.